The predicted octanol–water partition coefficient (Wildman–Crippen LogP) is 2.38. The lowest BCUT2D eigenvalue weighted by Gasteiger charge is -2.18. The second-order valence-electron chi connectivity index (χ2n) is 2.43. The first-order valence-corrected chi connectivity index (χ1v) is 7.65. The zero-order valence-electron chi connectivity index (χ0n) is 5.79. The van der Waals surface area contributed by atoms with Crippen molar-refractivity contribution in [2.24, 2.45) is 0 Å². The van der Waals surface area contributed by atoms with Crippen LogP contribution in [0.15, 0.2) is 0 Å². The molecule has 0 amide bonds. The van der Waals surface area contributed by atoms with E-state index in [0.717, 1.165) is 4.95 Å². The molecule has 0 radical (unpaired) electrons. The molecule has 0 atom stereocenters. The Balaban J connectivity index is 3.33. The van der Waals surface area contributed by atoms with E-state index in [2.05, 4.69) is 29.0 Å². The number of hydrogen-bond acceptors (Lipinski definition) is 1. The molecule has 0 saturated heterocycles. The maximum Gasteiger partial charge on any atom is 0.197 e. The van der Waals surface area contributed by atoms with Crippen LogP contribution < -0.4 is 0 Å². The van der Waals surface area contributed by atoms with Crippen LogP contribution >= 0.6 is 27.5 Å². The van der Waals surface area contributed by atoms with E-state index >= 15 is 0 Å². The van der Waals surface area contributed by atoms with Gasteiger partial charge in [0, 0.05) is 17.4 Å². The van der Waals surface area contributed by atoms with Gasteiger partial charge in [0.15, 0.2) is 8.32 Å². The SMILES string of the molecule is C[Si](C)(CBr)OCCCl. The van der Waals surface area contributed by atoms with Gasteiger partial charge in [-0.3, -0.25) is 0 Å². The highest BCUT2D eigenvalue weighted by atomic mass is 79.9. The van der Waals surface area contributed by atoms with Crippen molar-refractivity contribution in [3.05, 3.63) is 0 Å². The Labute approximate surface area is 71.0 Å². The number of rotatable bonds is 4. The zero-order valence-corrected chi connectivity index (χ0v) is 9.13. The molecule has 0 aliphatic heterocycles. The van der Waals surface area contributed by atoms with Crippen LogP contribution in [-0.2, 0) is 4.43 Å². The fourth-order valence-corrected chi connectivity index (χ4v) is 1.78. The third-order valence-corrected chi connectivity index (χ3v) is 6.73. The van der Waals surface area contributed by atoms with Gasteiger partial charge in [-0.05, 0) is 13.1 Å². The molecule has 4 heteroatoms. The summed E-state index contributed by atoms with van der Waals surface area (Å²) < 4.78 is 5.49. The fourth-order valence-electron chi connectivity index (χ4n) is 0.353. The molecule has 0 aliphatic carbocycles. The molecule has 0 spiro atoms. The van der Waals surface area contributed by atoms with Crippen molar-refractivity contribution < 1.29 is 4.43 Å². The average molecular weight is 232 g/mol. The van der Waals surface area contributed by atoms with Crippen LogP contribution in [0.5, 0.6) is 0 Å². The Bertz CT molecular complexity index is 79.4. The standard InChI is InChI=1S/C5H12BrClOSi/c1-9(2,5-6)8-4-3-7/h3-5H2,1-2H3. The lowest BCUT2D eigenvalue weighted by molar-refractivity contribution is 0.336. The van der Waals surface area contributed by atoms with Crippen LogP contribution in [0.3, 0.4) is 0 Å². The second-order valence-corrected chi connectivity index (χ2v) is 8.57. The summed E-state index contributed by atoms with van der Waals surface area (Å²) in [6, 6.07) is 0. The molecular weight excluding hydrogens is 219 g/mol. The van der Waals surface area contributed by atoms with Crippen LogP contribution in [0, 0.1) is 0 Å². The molecule has 0 rings (SSSR count). The molecule has 1 nitrogen and oxygen atoms in total. The topological polar surface area (TPSA) is 9.23 Å². The van der Waals surface area contributed by atoms with Gasteiger partial charge in [0.1, 0.15) is 0 Å². The third kappa shape index (κ3) is 5.39. The normalized spacial score (nSPS) is 12.0. The van der Waals surface area contributed by atoms with Crippen molar-refractivity contribution >= 4 is 35.8 Å². The first kappa shape index (κ1) is 9.95. The zero-order chi connectivity index (χ0) is 7.33. The molecule has 0 aromatic rings. The van der Waals surface area contributed by atoms with Gasteiger partial charge in [-0.1, -0.05) is 15.9 Å². The smallest absolute Gasteiger partial charge is 0.197 e. The molecular formula is C5H12BrClOSi. The van der Waals surface area contributed by atoms with Gasteiger partial charge >= 0.3 is 0 Å². The largest absolute Gasteiger partial charge is 0.415 e. The van der Waals surface area contributed by atoms with Gasteiger partial charge in [0.2, 0.25) is 0 Å². The van der Waals surface area contributed by atoms with Gasteiger partial charge in [-0.25, -0.2) is 0 Å². The molecule has 0 bridgehead atoms. The van der Waals surface area contributed by atoms with Crippen molar-refractivity contribution in [1.82, 2.24) is 0 Å². The van der Waals surface area contributed by atoms with Crippen LogP contribution in [0.2, 0.25) is 13.1 Å². The Morgan fingerprint density at radius 3 is 2.44 bits per heavy atom. The highest BCUT2D eigenvalue weighted by Crippen LogP contribution is 2.06. The van der Waals surface area contributed by atoms with Gasteiger partial charge in [-0.15, -0.1) is 11.6 Å². The Morgan fingerprint density at radius 2 is 2.11 bits per heavy atom. The minimum atomic E-state index is -1.37. The molecule has 0 N–H and O–H groups in total. The Morgan fingerprint density at radius 1 is 1.56 bits per heavy atom. The van der Waals surface area contributed by atoms with E-state index in [-0.39, 0.29) is 0 Å². The summed E-state index contributed by atoms with van der Waals surface area (Å²) >= 11 is 8.84. The van der Waals surface area contributed by atoms with Gasteiger partial charge in [0.05, 0.1) is 0 Å². The maximum atomic E-state index is 5.49. The number of halogens is 2. The van der Waals surface area contributed by atoms with Crippen molar-refractivity contribution in [3.8, 4) is 0 Å². The van der Waals surface area contributed by atoms with Crippen molar-refractivity contribution in [1.29, 1.82) is 0 Å². The van der Waals surface area contributed by atoms with Gasteiger partial charge in [0.25, 0.3) is 0 Å². The maximum absolute atomic E-state index is 5.49. The molecule has 0 unspecified atom stereocenters. The summed E-state index contributed by atoms with van der Waals surface area (Å²) in [5.41, 5.74) is 0. The number of alkyl halides is 2. The van der Waals surface area contributed by atoms with Gasteiger partial charge < -0.3 is 4.43 Å². The van der Waals surface area contributed by atoms with E-state index in [1.807, 2.05) is 0 Å². The summed E-state index contributed by atoms with van der Waals surface area (Å²) in [4.78, 5) is 0.983. The third-order valence-electron chi connectivity index (χ3n) is 0.892. The van der Waals surface area contributed by atoms with E-state index in [1.165, 1.54) is 0 Å². The summed E-state index contributed by atoms with van der Waals surface area (Å²) in [6.07, 6.45) is 0. The lowest BCUT2D eigenvalue weighted by Crippen LogP contribution is -2.33. The highest BCUT2D eigenvalue weighted by molar-refractivity contribution is 9.09. The summed E-state index contributed by atoms with van der Waals surface area (Å²) in [5.74, 6) is 0.601. The molecule has 9 heavy (non-hydrogen) atoms. The van der Waals surface area contributed by atoms with E-state index < -0.39 is 8.32 Å². The van der Waals surface area contributed by atoms with Crippen LogP contribution in [-0.4, -0.2) is 25.8 Å². The predicted molar refractivity (Wildman–Crippen MR) is 47.9 cm³/mol. The highest BCUT2D eigenvalue weighted by Gasteiger charge is 2.19. The van der Waals surface area contributed by atoms with Crippen molar-refractivity contribution in [3.63, 3.8) is 0 Å². The number of hydrogen-bond donors (Lipinski definition) is 0. The average Bonchev–Trinajstić information content (AvgIpc) is 1.84. The van der Waals surface area contributed by atoms with Crippen molar-refractivity contribution in [2.75, 3.05) is 17.4 Å². The minimum Gasteiger partial charge on any atom is -0.415 e. The Kier molecular flexibility index (Phi) is 5.21. The quantitative estimate of drug-likeness (QED) is 0.533. The first-order valence-electron chi connectivity index (χ1n) is 2.88. The first-order chi connectivity index (χ1) is 4.12. The molecule has 56 valence electrons. The van der Waals surface area contributed by atoms with E-state index in [9.17, 15) is 0 Å². The van der Waals surface area contributed by atoms with E-state index in [1.54, 1.807) is 0 Å². The summed E-state index contributed by atoms with van der Waals surface area (Å²) in [7, 11) is -1.37. The van der Waals surface area contributed by atoms with Gasteiger partial charge in [-0.2, -0.15) is 0 Å². The summed E-state index contributed by atoms with van der Waals surface area (Å²) in [5, 5.41) is 0. The van der Waals surface area contributed by atoms with E-state index in [0.29, 0.717) is 12.5 Å². The minimum absolute atomic E-state index is 0.601. The van der Waals surface area contributed by atoms with Crippen LogP contribution in [0.25, 0.3) is 0 Å². The van der Waals surface area contributed by atoms with E-state index in [4.69, 9.17) is 16.0 Å². The lowest BCUT2D eigenvalue weighted by atomic mass is 10.9. The van der Waals surface area contributed by atoms with Crippen LogP contribution in [0.1, 0.15) is 0 Å². The molecule has 0 fully saturated rings. The monoisotopic (exact) mass is 230 g/mol. The molecule has 0 aliphatic rings. The molecule has 0 heterocycles. The molecule has 0 aromatic heterocycles. The fraction of sp³-hybridized carbons (Fsp3) is 1.00. The van der Waals surface area contributed by atoms with Crippen molar-refractivity contribution in [2.45, 2.75) is 13.1 Å². The molecule has 0 saturated carbocycles. The molecule has 0 aromatic carbocycles. The Hall–Kier alpha value is 0.947. The second kappa shape index (κ2) is 4.72. The summed E-state index contributed by atoms with van der Waals surface area (Å²) in [6.45, 7) is 5.01. The van der Waals surface area contributed by atoms with Crippen LogP contribution in [0.4, 0.5) is 0 Å².